The van der Waals surface area contributed by atoms with Crippen LogP contribution in [-0.4, -0.2) is 52.7 Å². The molecular formula is C11H19NO3. The molecule has 3 aliphatic heterocycles. The molecule has 86 valence electrons. The van der Waals surface area contributed by atoms with Crippen molar-refractivity contribution in [3.05, 3.63) is 0 Å². The molecule has 0 unspecified atom stereocenters. The molecule has 0 radical (unpaired) electrons. The highest BCUT2D eigenvalue weighted by atomic mass is 16.3. The molecule has 3 saturated heterocycles. The fourth-order valence-electron chi connectivity index (χ4n) is 3.16. The first-order valence-corrected chi connectivity index (χ1v) is 5.75. The van der Waals surface area contributed by atoms with Crippen LogP contribution >= 0.6 is 0 Å². The lowest BCUT2D eigenvalue weighted by Gasteiger charge is -2.52. The maximum absolute atomic E-state index is 12.2. The number of nitrogens with zero attached hydrogens (tertiary/aromatic N) is 1. The molecule has 3 rings (SSSR count). The average molecular weight is 213 g/mol. The third kappa shape index (κ3) is 1.61. The number of aliphatic hydroxyl groups excluding tert-OH is 2. The molecule has 2 bridgehead atoms. The van der Waals surface area contributed by atoms with Gasteiger partial charge in [-0.25, -0.2) is 0 Å². The number of rotatable bonds is 4. The Kier molecular flexibility index (Phi) is 3.09. The highest BCUT2D eigenvalue weighted by Crippen LogP contribution is 2.40. The Labute approximate surface area is 89.9 Å². The number of piperidine rings is 3. The van der Waals surface area contributed by atoms with Crippen molar-refractivity contribution in [2.24, 2.45) is 5.92 Å². The number of hydrogen-bond acceptors (Lipinski definition) is 4. The first-order chi connectivity index (χ1) is 7.24. The maximum Gasteiger partial charge on any atom is 0.156 e. The van der Waals surface area contributed by atoms with E-state index in [4.69, 9.17) is 10.2 Å². The summed E-state index contributed by atoms with van der Waals surface area (Å²) in [6, 6.07) is 0. The van der Waals surface area contributed by atoms with Gasteiger partial charge in [-0.1, -0.05) is 0 Å². The molecular weight excluding hydrogens is 194 g/mol. The Hall–Kier alpha value is -0.450. The number of fused-ring (bicyclic) bond motifs is 3. The standard InChI is InChI=1S/C11H19NO3/c13-7-3-11(4-8-14)10(15)9-1-5-12(11)6-2-9/h9,13-14H,1-8H2. The van der Waals surface area contributed by atoms with Crippen LogP contribution in [0.4, 0.5) is 0 Å². The van der Waals surface area contributed by atoms with Crippen molar-refractivity contribution in [1.82, 2.24) is 4.90 Å². The zero-order valence-corrected chi connectivity index (χ0v) is 8.98. The molecule has 2 N–H and O–H groups in total. The van der Waals surface area contributed by atoms with E-state index >= 15 is 0 Å². The second-order valence-corrected chi connectivity index (χ2v) is 4.60. The van der Waals surface area contributed by atoms with Gasteiger partial charge in [0.15, 0.2) is 5.78 Å². The number of ketones is 1. The first kappa shape index (κ1) is 11.0. The summed E-state index contributed by atoms with van der Waals surface area (Å²) in [4.78, 5) is 14.4. The number of carbonyl (C=O) groups is 1. The van der Waals surface area contributed by atoms with Gasteiger partial charge in [-0.2, -0.15) is 0 Å². The lowest BCUT2D eigenvalue weighted by Crippen LogP contribution is -2.65. The predicted octanol–water partition coefficient (Wildman–Crippen LogP) is -0.215. The monoisotopic (exact) mass is 213 g/mol. The van der Waals surface area contributed by atoms with E-state index in [2.05, 4.69) is 4.90 Å². The topological polar surface area (TPSA) is 60.8 Å². The molecule has 0 atom stereocenters. The van der Waals surface area contributed by atoms with Crippen LogP contribution in [0.5, 0.6) is 0 Å². The number of carbonyl (C=O) groups excluding carboxylic acids is 1. The minimum Gasteiger partial charge on any atom is -0.396 e. The highest BCUT2D eigenvalue weighted by Gasteiger charge is 2.51. The maximum atomic E-state index is 12.2. The summed E-state index contributed by atoms with van der Waals surface area (Å²) in [6.45, 7) is 1.93. The SMILES string of the molecule is O=C1C2CCN(CC2)C1(CCO)CCO. The lowest BCUT2D eigenvalue weighted by atomic mass is 9.70. The van der Waals surface area contributed by atoms with E-state index in [1.54, 1.807) is 0 Å². The summed E-state index contributed by atoms with van der Waals surface area (Å²) in [6.07, 6.45) is 2.86. The van der Waals surface area contributed by atoms with Gasteiger partial charge in [-0.3, -0.25) is 9.69 Å². The van der Waals surface area contributed by atoms with Gasteiger partial charge < -0.3 is 10.2 Å². The van der Waals surface area contributed by atoms with E-state index in [0.29, 0.717) is 12.8 Å². The molecule has 0 spiro atoms. The molecule has 0 aromatic rings. The number of hydrogen-bond donors (Lipinski definition) is 2. The highest BCUT2D eigenvalue weighted by molar-refractivity contribution is 5.92. The van der Waals surface area contributed by atoms with E-state index in [-0.39, 0.29) is 24.9 Å². The van der Waals surface area contributed by atoms with Crippen molar-refractivity contribution in [2.75, 3.05) is 26.3 Å². The third-order valence-electron chi connectivity index (χ3n) is 3.98. The summed E-state index contributed by atoms with van der Waals surface area (Å²) in [5.41, 5.74) is -0.551. The second kappa shape index (κ2) is 4.20. The van der Waals surface area contributed by atoms with E-state index in [1.165, 1.54) is 0 Å². The lowest BCUT2D eigenvalue weighted by molar-refractivity contribution is -0.151. The zero-order valence-electron chi connectivity index (χ0n) is 8.98. The Bertz CT molecular complexity index is 240. The molecule has 0 saturated carbocycles. The Morgan fingerprint density at radius 2 is 1.73 bits per heavy atom. The largest absolute Gasteiger partial charge is 0.396 e. The van der Waals surface area contributed by atoms with E-state index < -0.39 is 5.54 Å². The van der Waals surface area contributed by atoms with Crippen LogP contribution in [0.1, 0.15) is 25.7 Å². The van der Waals surface area contributed by atoms with Gasteiger partial charge in [0.2, 0.25) is 0 Å². The van der Waals surface area contributed by atoms with Crippen molar-refractivity contribution >= 4 is 5.78 Å². The molecule has 0 aromatic heterocycles. The van der Waals surface area contributed by atoms with Crippen LogP contribution in [0.2, 0.25) is 0 Å². The summed E-state index contributed by atoms with van der Waals surface area (Å²) in [7, 11) is 0. The van der Waals surface area contributed by atoms with Gasteiger partial charge in [-0.05, 0) is 38.8 Å². The molecule has 0 aliphatic carbocycles. The molecule has 4 nitrogen and oxygen atoms in total. The van der Waals surface area contributed by atoms with Gasteiger partial charge in [0.25, 0.3) is 0 Å². The van der Waals surface area contributed by atoms with Crippen LogP contribution in [0.15, 0.2) is 0 Å². The first-order valence-electron chi connectivity index (χ1n) is 5.75. The quantitative estimate of drug-likeness (QED) is 0.678. The smallest absolute Gasteiger partial charge is 0.156 e. The summed E-state index contributed by atoms with van der Waals surface area (Å²) >= 11 is 0. The zero-order chi connectivity index (χ0) is 10.9. The molecule has 15 heavy (non-hydrogen) atoms. The molecule has 3 heterocycles. The van der Waals surface area contributed by atoms with Crippen molar-refractivity contribution in [3.63, 3.8) is 0 Å². The van der Waals surface area contributed by atoms with E-state index in [9.17, 15) is 4.79 Å². The Morgan fingerprint density at radius 3 is 2.13 bits per heavy atom. The van der Waals surface area contributed by atoms with Crippen LogP contribution in [0.25, 0.3) is 0 Å². The molecule has 3 fully saturated rings. The van der Waals surface area contributed by atoms with E-state index in [1.807, 2.05) is 0 Å². The van der Waals surface area contributed by atoms with Crippen molar-refractivity contribution in [1.29, 1.82) is 0 Å². The van der Waals surface area contributed by atoms with Gasteiger partial charge in [0, 0.05) is 19.1 Å². The van der Waals surface area contributed by atoms with Crippen LogP contribution in [0.3, 0.4) is 0 Å². The van der Waals surface area contributed by atoms with Crippen LogP contribution < -0.4 is 0 Å². The Balaban J connectivity index is 2.24. The van der Waals surface area contributed by atoms with E-state index in [0.717, 1.165) is 25.9 Å². The van der Waals surface area contributed by atoms with Crippen molar-refractivity contribution in [2.45, 2.75) is 31.2 Å². The molecule has 0 aromatic carbocycles. The number of Topliss-reactive ketones (excluding diaryl/α,β-unsaturated/α-hetero) is 1. The normalized spacial score (nSPS) is 33.3. The van der Waals surface area contributed by atoms with Gasteiger partial charge >= 0.3 is 0 Å². The molecule has 4 heteroatoms. The van der Waals surface area contributed by atoms with Crippen molar-refractivity contribution in [3.8, 4) is 0 Å². The number of aliphatic hydroxyl groups is 2. The van der Waals surface area contributed by atoms with Gasteiger partial charge in [0.1, 0.15) is 0 Å². The predicted molar refractivity (Wildman–Crippen MR) is 55.4 cm³/mol. The van der Waals surface area contributed by atoms with Gasteiger partial charge in [0.05, 0.1) is 5.54 Å². The second-order valence-electron chi connectivity index (χ2n) is 4.60. The minimum atomic E-state index is -0.551. The van der Waals surface area contributed by atoms with Crippen molar-refractivity contribution < 1.29 is 15.0 Å². The minimum absolute atomic E-state index is 0.0228. The van der Waals surface area contributed by atoms with Crippen LogP contribution in [-0.2, 0) is 4.79 Å². The van der Waals surface area contributed by atoms with Gasteiger partial charge in [-0.15, -0.1) is 0 Å². The Morgan fingerprint density at radius 1 is 1.20 bits per heavy atom. The summed E-state index contributed by atoms with van der Waals surface area (Å²) < 4.78 is 0. The third-order valence-corrected chi connectivity index (χ3v) is 3.98. The van der Waals surface area contributed by atoms with Crippen LogP contribution in [0, 0.1) is 5.92 Å². The summed E-state index contributed by atoms with van der Waals surface area (Å²) in [5.74, 6) is 0.427. The fourth-order valence-corrected chi connectivity index (χ4v) is 3.16. The fraction of sp³-hybridized carbons (Fsp3) is 0.909. The summed E-state index contributed by atoms with van der Waals surface area (Å²) in [5, 5.41) is 18.2. The molecule has 0 amide bonds. The molecule has 3 aliphatic rings. The average Bonchev–Trinajstić information content (AvgIpc) is 2.26.